The molecule has 0 radical (unpaired) electrons. The molecule has 1 unspecified atom stereocenters. The molecule has 0 aliphatic carbocycles. The first kappa shape index (κ1) is 16.9. The highest BCUT2D eigenvalue weighted by Crippen LogP contribution is 2.45. The van der Waals surface area contributed by atoms with E-state index < -0.39 is 5.54 Å². The number of rotatable bonds is 4. The number of aliphatic imine (C=N–C) groups is 1. The zero-order valence-corrected chi connectivity index (χ0v) is 16.0. The third kappa shape index (κ3) is 2.83. The summed E-state index contributed by atoms with van der Waals surface area (Å²) >= 11 is 1.69. The number of hydrogen-bond acceptors (Lipinski definition) is 4. The molecule has 5 rings (SSSR count). The Bertz CT molecular complexity index is 1050. The van der Waals surface area contributed by atoms with Gasteiger partial charge >= 0.3 is 0 Å². The van der Waals surface area contributed by atoms with Crippen LogP contribution in [0.5, 0.6) is 0 Å². The Balaban J connectivity index is 1.73. The molecule has 0 saturated carbocycles. The van der Waals surface area contributed by atoms with Crippen molar-refractivity contribution in [2.75, 3.05) is 6.61 Å². The second-order valence-corrected chi connectivity index (χ2v) is 7.70. The van der Waals surface area contributed by atoms with E-state index in [9.17, 15) is 0 Å². The lowest BCUT2D eigenvalue weighted by atomic mass is 9.92. The lowest BCUT2D eigenvalue weighted by Gasteiger charge is -2.22. The zero-order valence-electron chi connectivity index (χ0n) is 15.2. The van der Waals surface area contributed by atoms with Crippen molar-refractivity contribution in [3.8, 4) is 21.7 Å². The van der Waals surface area contributed by atoms with Crippen molar-refractivity contribution in [2.45, 2.75) is 5.54 Å². The Kier molecular flexibility index (Phi) is 4.26. The zero-order chi connectivity index (χ0) is 18.8. The molecule has 0 N–H and O–H groups in total. The summed E-state index contributed by atoms with van der Waals surface area (Å²) in [4.78, 5) is 11.0. The third-order valence-electron chi connectivity index (χ3n) is 4.96. The lowest BCUT2D eigenvalue weighted by Crippen LogP contribution is -2.26. The van der Waals surface area contributed by atoms with E-state index >= 15 is 0 Å². The van der Waals surface area contributed by atoms with Crippen LogP contribution in [0, 0.1) is 0 Å². The smallest absolute Gasteiger partial charge is 0.174 e. The predicted molar refractivity (Wildman–Crippen MR) is 115 cm³/mol. The Morgan fingerprint density at radius 1 is 0.750 bits per heavy atom. The number of benzene rings is 3. The van der Waals surface area contributed by atoms with Gasteiger partial charge in [0.1, 0.15) is 11.6 Å². The van der Waals surface area contributed by atoms with Gasteiger partial charge in [-0.1, -0.05) is 91.0 Å². The number of aromatic nitrogens is 1. The van der Waals surface area contributed by atoms with Crippen LogP contribution >= 0.6 is 11.3 Å². The fourth-order valence-corrected chi connectivity index (χ4v) is 4.75. The maximum Gasteiger partial charge on any atom is 0.174 e. The molecule has 1 aliphatic rings. The Labute approximate surface area is 168 Å². The van der Waals surface area contributed by atoms with E-state index in [1.165, 1.54) is 0 Å². The molecule has 4 aromatic rings. The topological polar surface area (TPSA) is 34.5 Å². The molecule has 1 atom stereocenters. The van der Waals surface area contributed by atoms with Gasteiger partial charge in [-0.05, 0) is 11.1 Å². The molecule has 3 nitrogen and oxygen atoms in total. The van der Waals surface area contributed by atoms with Crippen molar-refractivity contribution in [3.05, 3.63) is 102 Å². The molecule has 4 heteroatoms. The second-order valence-electron chi connectivity index (χ2n) is 6.70. The molecule has 0 amide bonds. The summed E-state index contributed by atoms with van der Waals surface area (Å²) in [5, 5.41) is 0.949. The molecule has 0 spiro atoms. The van der Waals surface area contributed by atoms with E-state index in [4.69, 9.17) is 14.7 Å². The highest BCUT2D eigenvalue weighted by Gasteiger charge is 2.41. The monoisotopic (exact) mass is 382 g/mol. The van der Waals surface area contributed by atoms with E-state index in [1.54, 1.807) is 17.7 Å². The normalized spacial score (nSPS) is 18.1. The van der Waals surface area contributed by atoms with Crippen molar-refractivity contribution in [1.82, 2.24) is 4.98 Å². The second kappa shape index (κ2) is 7.06. The van der Waals surface area contributed by atoms with Gasteiger partial charge in [0.15, 0.2) is 11.9 Å². The van der Waals surface area contributed by atoms with Crippen LogP contribution < -0.4 is 0 Å². The Hall–Kier alpha value is -3.24. The predicted octanol–water partition coefficient (Wildman–Crippen LogP) is 5.78. The molecular formula is C24H18N2OS. The first-order valence-electron chi connectivity index (χ1n) is 9.20. The fourth-order valence-electron chi connectivity index (χ4n) is 3.51. The summed E-state index contributed by atoms with van der Waals surface area (Å²) in [6.45, 7) is 0.465. The van der Waals surface area contributed by atoms with E-state index in [-0.39, 0.29) is 0 Å². The van der Waals surface area contributed by atoms with Gasteiger partial charge < -0.3 is 4.74 Å². The molecule has 1 aromatic heterocycles. The van der Waals surface area contributed by atoms with Crippen LogP contribution in [0.15, 0.2) is 96.0 Å². The molecule has 0 fully saturated rings. The summed E-state index contributed by atoms with van der Waals surface area (Å²) in [6.07, 6.45) is 1.55. The average Bonchev–Trinajstić information content (AvgIpc) is 3.44. The van der Waals surface area contributed by atoms with Crippen LogP contribution in [0.25, 0.3) is 21.7 Å². The molecule has 136 valence electrons. The quantitative estimate of drug-likeness (QED) is 0.448. The molecule has 0 saturated heterocycles. The summed E-state index contributed by atoms with van der Waals surface area (Å²) < 4.78 is 5.60. The molecule has 3 aromatic carbocycles. The molecule has 1 aliphatic heterocycles. The van der Waals surface area contributed by atoms with E-state index in [0.717, 1.165) is 32.3 Å². The first-order valence-corrected chi connectivity index (χ1v) is 10.0. The molecule has 2 heterocycles. The fraction of sp³-hybridized carbons (Fsp3) is 0.0833. The number of ether oxygens (including phenoxy) is 1. The van der Waals surface area contributed by atoms with Crippen LogP contribution in [-0.2, 0) is 10.3 Å². The van der Waals surface area contributed by atoms with Gasteiger partial charge in [-0.2, -0.15) is 0 Å². The minimum Gasteiger partial charge on any atom is -0.480 e. The number of nitrogens with zero attached hydrogens (tertiary/aromatic N) is 2. The average molecular weight is 382 g/mol. The molecular weight excluding hydrogens is 364 g/mol. The lowest BCUT2D eigenvalue weighted by molar-refractivity contribution is 0.289. The maximum atomic E-state index is 5.60. The summed E-state index contributed by atoms with van der Waals surface area (Å²) in [7, 11) is 0. The summed E-state index contributed by atoms with van der Waals surface area (Å²) in [6, 6.07) is 31.0. The Morgan fingerprint density at radius 3 is 1.96 bits per heavy atom. The highest BCUT2D eigenvalue weighted by atomic mass is 32.1. The van der Waals surface area contributed by atoms with Crippen LogP contribution in [0.4, 0.5) is 0 Å². The van der Waals surface area contributed by atoms with Crippen LogP contribution in [-0.4, -0.2) is 18.0 Å². The van der Waals surface area contributed by atoms with Gasteiger partial charge in [0, 0.05) is 5.56 Å². The van der Waals surface area contributed by atoms with Gasteiger partial charge in [-0.3, -0.25) is 0 Å². The van der Waals surface area contributed by atoms with Crippen molar-refractivity contribution in [3.63, 3.8) is 0 Å². The van der Waals surface area contributed by atoms with Crippen LogP contribution in [0.3, 0.4) is 0 Å². The number of thiazole rings is 1. The van der Waals surface area contributed by atoms with Crippen molar-refractivity contribution >= 4 is 17.7 Å². The summed E-state index contributed by atoms with van der Waals surface area (Å²) in [5.74, 6) is 0. The van der Waals surface area contributed by atoms with Gasteiger partial charge in [0.05, 0.1) is 10.6 Å². The van der Waals surface area contributed by atoms with Crippen LogP contribution in [0.2, 0.25) is 0 Å². The van der Waals surface area contributed by atoms with Crippen molar-refractivity contribution in [2.24, 2.45) is 4.99 Å². The van der Waals surface area contributed by atoms with E-state index in [0.29, 0.717) is 6.61 Å². The molecule has 28 heavy (non-hydrogen) atoms. The minimum atomic E-state index is -0.595. The van der Waals surface area contributed by atoms with Gasteiger partial charge in [0.25, 0.3) is 0 Å². The van der Waals surface area contributed by atoms with Crippen molar-refractivity contribution < 1.29 is 4.74 Å². The number of hydrogen-bond donors (Lipinski definition) is 0. The maximum absolute atomic E-state index is 5.60. The first-order chi connectivity index (χ1) is 13.9. The third-order valence-corrected chi connectivity index (χ3v) is 6.21. The minimum absolute atomic E-state index is 0.465. The SMILES string of the molecule is C1=NC(c2ccccc2)(c2nc(-c3ccccc3)c(-c3ccccc3)s2)CO1. The van der Waals surface area contributed by atoms with Gasteiger partial charge in [-0.15, -0.1) is 11.3 Å². The standard InChI is InChI=1S/C24H18N2OS/c1-4-10-18(11-5-1)21-22(19-12-6-2-7-13-19)28-23(26-21)24(16-27-17-25-24)20-14-8-3-9-15-20/h1-15,17H,16H2. The molecule has 0 bridgehead atoms. The van der Waals surface area contributed by atoms with Crippen molar-refractivity contribution in [1.29, 1.82) is 0 Å². The largest absolute Gasteiger partial charge is 0.480 e. The van der Waals surface area contributed by atoms with Gasteiger partial charge in [0.2, 0.25) is 0 Å². The summed E-state index contributed by atoms with van der Waals surface area (Å²) in [5.41, 5.74) is 3.76. The Morgan fingerprint density at radius 2 is 1.36 bits per heavy atom. The van der Waals surface area contributed by atoms with Crippen LogP contribution in [0.1, 0.15) is 10.6 Å². The van der Waals surface area contributed by atoms with E-state index in [1.807, 2.05) is 42.5 Å². The van der Waals surface area contributed by atoms with Gasteiger partial charge in [-0.25, -0.2) is 9.98 Å². The van der Waals surface area contributed by atoms with E-state index in [2.05, 4.69) is 48.5 Å². The highest BCUT2D eigenvalue weighted by molar-refractivity contribution is 7.16.